The van der Waals surface area contributed by atoms with Crippen molar-refractivity contribution in [1.29, 1.82) is 0 Å². The molecular weight excluding hydrogens is 386 g/mol. The van der Waals surface area contributed by atoms with Crippen molar-refractivity contribution in [2.24, 2.45) is 5.10 Å². The van der Waals surface area contributed by atoms with Crippen molar-refractivity contribution >= 4 is 33.5 Å². The molecule has 138 valence electrons. The van der Waals surface area contributed by atoms with E-state index in [4.69, 9.17) is 16.3 Å². The average molecular weight is 400 g/mol. The van der Waals surface area contributed by atoms with Crippen LogP contribution >= 0.6 is 11.6 Å². The fourth-order valence-electron chi connectivity index (χ4n) is 1.94. The van der Waals surface area contributed by atoms with Crippen molar-refractivity contribution in [3.8, 4) is 11.5 Å². The number of ether oxygens (including phenoxy) is 1. The van der Waals surface area contributed by atoms with Gasteiger partial charge in [-0.3, -0.25) is 10.1 Å². The molecule has 2 N–H and O–H groups in total. The molecule has 0 bridgehead atoms. The molecule has 0 spiro atoms. The zero-order valence-electron chi connectivity index (χ0n) is 13.4. The Bertz CT molecular complexity index is 945. The van der Waals surface area contributed by atoms with Crippen LogP contribution in [0.25, 0.3) is 0 Å². The molecule has 0 unspecified atom stereocenters. The van der Waals surface area contributed by atoms with Gasteiger partial charge in [0.25, 0.3) is 10.0 Å². The number of nitrogens with one attached hydrogen (secondary N) is 1. The van der Waals surface area contributed by atoms with E-state index in [9.17, 15) is 23.6 Å². The van der Waals surface area contributed by atoms with Gasteiger partial charge in [-0.1, -0.05) is 11.6 Å². The van der Waals surface area contributed by atoms with Crippen LogP contribution in [0.3, 0.4) is 0 Å². The molecule has 26 heavy (non-hydrogen) atoms. The number of hydrogen-bond donors (Lipinski definition) is 2. The molecule has 0 saturated carbocycles. The fourth-order valence-corrected chi connectivity index (χ4v) is 2.95. The van der Waals surface area contributed by atoms with Gasteiger partial charge in [-0.15, -0.1) is 0 Å². The standard InChI is InChI=1S/C15H14ClN3O6S/c1-2-25-12-3-5-13(6-4-12)26(23,24)18-17-9-10-7-11(16)8-14(15(10)20)19(21)22/h3-9,18,20H,2H2,1H3. The molecule has 0 aliphatic rings. The smallest absolute Gasteiger partial charge is 0.312 e. The normalized spacial score (nSPS) is 11.5. The minimum absolute atomic E-state index is 0.00896. The maximum atomic E-state index is 12.2. The zero-order valence-corrected chi connectivity index (χ0v) is 15.0. The number of benzene rings is 2. The molecular formula is C15H14ClN3O6S. The van der Waals surface area contributed by atoms with Crippen LogP contribution in [0.15, 0.2) is 46.4 Å². The van der Waals surface area contributed by atoms with Crippen LogP contribution in [0.1, 0.15) is 12.5 Å². The predicted octanol–water partition coefficient (Wildman–Crippen LogP) is 2.66. The third-order valence-electron chi connectivity index (χ3n) is 3.10. The lowest BCUT2D eigenvalue weighted by atomic mass is 10.2. The molecule has 0 heterocycles. The molecule has 11 heteroatoms. The second kappa shape index (κ2) is 8.02. The van der Waals surface area contributed by atoms with Gasteiger partial charge in [0.15, 0.2) is 0 Å². The Labute approximate surface area is 154 Å². The van der Waals surface area contributed by atoms with E-state index < -0.39 is 26.4 Å². The van der Waals surface area contributed by atoms with E-state index in [1.165, 1.54) is 30.3 Å². The molecule has 9 nitrogen and oxygen atoms in total. The summed E-state index contributed by atoms with van der Waals surface area (Å²) in [5.74, 6) is -0.158. The van der Waals surface area contributed by atoms with Crippen LogP contribution in [0.5, 0.6) is 11.5 Å². The Morgan fingerprint density at radius 1 is 1.35 bits per heavy atom. The molecule has 0 saturated heterocycles. The second-order valence-corrected chi connectivity index (χ2v) is 6.97. The fraction of sp³-hybridized carbons (Fsp3) is 0.133. The van der Waals surface area contributed by atoms with Crippen LogP contribution in [0.4, 0.5) is 5.69 Å². The van der Waals surface area contributed by atoms with Crippen molar-refractivity contribution in [3.05, 3.63) is 57.1 Å². The van der Waals surface area contributed by atoms with Crippen LogP contribution in [-0.2, 0) is 10.0 Å². The number of rotatable bonds is 7. The maximum absolute atomic E-state index is 12.2. The number of aromatic hydroxyl groups is 1. The predicted molar refractivity (Wildman–Crippen MR) is 95.3 cm³/mol. The summed E-state index contributed by atoms with van der Waals surface area (Å²) in [4.78, 5) is 11.9. The summed E-state index contributed by atoms with van der Waals surface area (Å²) in [5.41, 5.74) is -0.730. The Balaban J connectivity index is 2.20. The van der Waals surface area contributed by atoms with Gasteiger partial charge in [-0.05, 0) is 37.3 Å². The van der Waals surface area contributed by atoms with Crippen molar-refractivity contribution in [3.63, 3.8) is 0 Å². The summed E-state index contributed by atoms with van der Waals surface area (Å²) < 4.78 is 29.5. The molecule has 0 amide bonds. The van der Waals surface area contributed by atoms with Crippen LogP contribution in [0.2, 0.25) is 5.02 Å². The van der Waals surface area contributed by atoms with Crippen LogP contribution in [-0.4, -0.2) is 31.3 Å². The minimum atomic E-state index is -3.96. The van der Waals surface area contributed by atoms with E-state index in [2.05, 4.69) is 5.10 Å². The monoisotopic (exact) mass is 399 g/mol. The highest BCUT2D eigenvalue weighted by atomic mass is 35.5. The topological polar surface area (TPSA) is 131 Å². The third kappa shape index (κ3) is 4.61. The van der Waals surface area contributed by atoms with Gasteiger partial charge in [0.05, 0.1) is 22.6 Å². The molecule has 0 atom stereocenters. The first-order chi connectivity index (χ1) is 12.2. The van der Waals surface area contributed by atoms with Gasteiger partial charge in [-0.25, -0.2) is 4.83 Å². The summed E-state index contributed by atoms with van der Waals surface area (Å²) in [5, 5.41) is 24.2. The molecule has 2 aromatic carbocycles. The largest absolute Gasteiger partial charge is 0.502 e. The quantitative estimate of drug-likeness (QED) is 0.418. The van der Waals surface area contributed by atoms with Gasteiger partial charge in [-0.2, -0.15) is 13.5 Å². The van der Waals surface area contributed by atoms with E-state index in [-0.39, 0.29) is 15.5 Å². The lowest BCUT2D eigenvalue weighted by molar-refractivity contribution is -0.385. The molecule has 0 fully saturated rings. The van der Waals surface area contributed by atoms with Crippen molar-refractivity contribution in [2.45, 2.75) is 11.8 Å². The Morgan fingerprint density at radius 2 is 2.00 bits per heavy atom. The molecule has 0 aliphatic heterocycles. The SMILES string of the molecule is CCOc1ccc(S(=O)(=O)NN=Cc2cc(Cl)cc([N+](=O)[O-])c2O)cc1. The van der Waals surface area contributed by atoms with Crippen molar-refractivity contribution in [1.82, 2.24) is 4.83 Å². The lowest BCUT2D eigenvalue weighted by Crippen LogP contribution is -2.18. The van der Waals surface area contributed by atoms with Gasteiger partial charge >= 0.3 is 5.69 Å². The summed E-state index contributed by atoms with van der Waals surface area (Å²) in [6.07, 6.45) is 0.917. The first-order valence-corrected chi connectivity index (χ1v) is 9.05. The number of hydrazone groups is 1. The molecule has 0 radical (unpaired) electrons. The average Bonchev–Trinajstić information content (AvgIpc) is 2.58. The Hall–Kier alpha value is -2.85. The summed E-state index contributed by atoms with van der Waals surface area (Å²) in [6.45, 7) is 2.25. The summed E-state index contributed by atoms with van der Waals surface area (Å²) in [6, 6.07) is 7.84. The highest BCUT2D eigenvalue weighted by Crippen LogP contribution is 2.32. The molecule has 2 rings (SSSR count). The number of sulfonamides is 1. The van der Waals surface area contributed by atoms with E-state index >= 15 is 0 Å². The summed E-state index contributed by atoms with van der Waals surface area (Å²) in [7, 11) is -3.96. The lowest BCUT2D eigenvalue weighted by Gasteiger charge is -2.06. The number of phenols is 1. The van der Waals surface area contributed by atoms with E-state index in [0.717, 1.165) is 12.3 Å². The zero-order chi connectivity index (χ0) is 19.3. The Kier molecular flexibility index (Phi) is 6.01. The second-order valence-electron chi connectivity index (χ2n) is 4.88. The highest BCUT2D eigenvalue weighted by molar-refractivity contribution is 7.89. The number of phenolic OH excluding ortho intramolecular Hbond substituents is 1. The van der Waals surface area contributed by atoms with Gasteiger partial charge in [0.2, 0.25) is 5.75 Å². The van der Waals surface area contributed by atoms with E-state index in [0.29, 0.717) is 12.4 Å². The van der Waals surface area contributed by atoms with Crippen LogP contribution < -0.4 is 9.57 Å². The molecule has 0 aliphatic carbocycles. The van der Waals surface area contributed by atoms with Crippen molar-refractivity contribution in [2.75, 3.05) is 6.61 Å². The molecule has 2 aromatic rings. The van der Waals surface area contributed by atoms with Gasteiger partial charge < -0.3 is 9.84 Å². The first-order valence-electron chi connectivity index (χ1n) is 7.19. The van der Waals surface area contributed by atoms with Gasteiger partial charge in [0.1, 0.15) is 5.75 Å². The number of nitro groups is 1. The van der Waals surface area contributed by atoms with E-state index in [1.54, 1.807) is 6.92 Å². The Morgan fingerprint density at radius 3 is 2.58 bits per heavy atom. The minimum Gasteiger partial charge on any atom is -0.502 e. The number of hydrogen-bond acceptors (Lipinski definition) is 7. The third-order valence-corrected chi connectivity index (χ3v) is 4.56. The first kappa shape index (κ1) is 19.5. The van der Waals surface area contributed by atoms with Crippen LogP contribution in [0, 0.1) is 10.1 Å². The number of nitro benzene ring substituents is 1. The van der Waals surface area contributed by atoms with Crippen molar-refractivity contribution < 1.29 is 23.2 Å². The maximum Gasteiger partial charge on any atom is 0.312 e. The molecule has 0 aromatic heterocycles. The van der Waals surface area contributed by atoms with Gasteiger partial charge in [0, 0.05) is 16.7 Å². The number of halogens is 1. The number of nitrogens with zero attached hydrogens (tertiary/aromatic N) is 2. The van der Waals surface area contributed by atoms with E-state index in [1.807, 2.05) is 4.83 Å². The summed E-state index contributed by atoms with van der Waals surface area (Å²) >= 11 is 5.74. The highest BCUT2D eigenvalue weighted by Gasteiger charge is 2.18.